The third kappa shape index (κ3) is 3.23. The van der Waals surface area contributed by atoms with Crippen molar-refractivity contribution < 1.29 is 8.78 Å². The van der Waals surface area contributed by atoms with Crippen LogP contribution in [-0.4, -0.2) is 5.11 Å². The van der Waals surface area contributed by atoms with E-state index in [4.69, 9.17) is 23.8 Å². The zero-order valence-corrected chi connectivity index (χ0v) is 12.1. The Balaban J connectivity index is 2.13. The van der Waals surface area contributed by atoms with Gasteiger partial charge in [0.05, 0.1) is 10.7 Å². The van der Waals surface area contributed by atoms with Gasteiger partial charge < -0.3 is 10.6 Å². The smallest absolute Gasteiger partial charge is 0.175 e. The average Bonchev–Trinajstić information content (AvgIpc) is 2.40. The molecule has 2 rings (SSSR count). The van der Waals surface area contributed by atoms with Crippen LogP contribution in [-0.2, 0) is 0 Å². The zero-order valence-electron chi connectivity index (χ0n) is 10.5. The lowest BCUT2D eigenvalue weighted by molar-refractivity contribution is 0.619. The Morgan fingerprint density at radius 2 is 1.65 bits per heavy atom. The quantitative estimate of drug-likeness (QED) is 0.784. The Hall–Kier alpha value is -1.72. The van der Waals surface area contributed by atoms with Crippen molar-refractivity contribution in [2.24, 2.45) is 0 Å². The van der Waals surface area contributed by atoms with E-state index >= 15 is 0 Å². The number of rotatable bonds is 2. The Bertz CT molecular complexity index is 606. The number of halogens is 3. The third-order valence-electron chi connectivity index (χ3n) is 2.72. The number of thiocarbonyl (C=S) groups is 1. The molecule has 0 spiro atoms. The second-order valence-electron chi connectivity index (χ2n) is 4.09. The molecule has 0 heterocycles. The van der Waals surface area contributed by atoms with Gasteiger partial charge in [0.25, 0.3) is 0 Å². The monoisotopic (exact) mass is 312 g/mol. The van der Waals surface area contributed by atoms with Gasteiger partial charge >= 0.3 is 0 Å². The molecule has 2 aromatic carbocycles. The maximum atomic E-state index is 13.7. The molecule has 0 bridgehead atoms. The summed E-state index contributed by atoms with van der Waals surface area (Å²) in [7, 11) is 0. The van der Waals surface area contributed by atoms with Crippen molar-refractivity contribution in [3.05, 3.63) is 58.6 Å². The number of anilines is 2. The first-order valence-electron chi connectivity index (χ1n) is 5.76. The summed E-state index contributed by atoms with van der Waals surface area (Å²) in [6.07, 6.45) is 0. The average molecular weight is 313 g/mol. The van der Waals surface area contributed by atoms with Crippen molar-refractivity contribution in [3.63, 3.8) is 0 Å². The lowest BCUT2D eigenvalue weighted by Gasteiger charge is -2.13. The Kier molecular flexibility index (Phi) is 4.52. The van der Waals surface area contributed by atoms with Gasteiger partial charge in [0.15, 0.2) is 10.9 Å². The summed E-state index contributed by atoms with van der Waals surface area (Å²) in [6, 6.07) is 9.15. The van der Waals surface area contributed by atoms with Crippen LogP contribution in [0.15, 0.2) is 36.4 Å². The highest BCUT2D eigenvalue weighted by atomic mass is 35.5. The first kappa shape index (κ1) is 14.7. The molecule has 0 unspecified atom stereocenters. The van der Waals surface area contributed by atoms with Gasteiger partial charge in [-0.1, -0.05) is 23.7 Å². The lowest BCUT2D eigenvalue weighted by Crippen LogP contribution is -2.20. The molecule has 104 valence electrons. The van der Waals surface area contributed by atoms with Gasteiger partial charge in [-0.2, -0.15) is 0 Å². The van der Waals surface area contributed by atoms with Crippen molar-refractivity contribution in [3.8, 4) is 0 Å². The van der Waals surface area contributed by atoms with Crippen molar-refractivity contribution >= 4 is 40.3 Å². The van der Waals surface area contributed by atoms with Gasteiger partial charge in [-0.05, 0) is 43.4 Å². The predicted molar refractivity (Wildman–Crippen MR) is 82.4 cm³/mol. The molecule has 0 aliphatic rings. The maximum absolute atomic E-state index is 13.7. The van der Waals surface area contributed by atoms with Crippen LogP contribution in [0.25, 0.3) is 0 Å². The third-order valence-corrected chi connectivity index (χ3v) is 3.21. The Morgan fingerprint density at radius 1 is 1.05 bits per heavy atom. The van der Waals surface area contributed by atoms with E-state index < -0.39 is 5.82 Å². The molecule has 0 radical (unpaired) electrons. The van der Waals surface area contributed by atoms with Crippen LogP contribution in [0, 0.1) is 18.6 Å². The van der Waals surface area contributed by atoms with Crippen LogP contribution in [0.5, 0.6) is 0 Å². The van der Waals surface area contributed by atoms with Crippen LogP contribution in [0.2, 0.25) is 5.02 Å². The van der Waals surface area contributed by atoms with E-state index in [2.05, 4.69) is 10.6 Å². The maximum Gasteiger partial charge on any atom is 0.175 e. The Labute approximate surface area is 125 Å². The van der Waals surface area contributed by atoms with Crippen molar-refractivity contribution in [1.82, 2.24) is 0 Å². The lowest BCUT2D eigenvalue weighted by atomic mass is 10.2. The second kappa shape index (κ2) is 6.15. The largest absolute Gasteiger partial charge is 0.332 e. The van der Waals surface area contributed by atoms with Crippen LogP contribution in [0.1, 0.15) is 5.56 Å². The van der Waals surface area contributed by atoms with Crippen LogP contribution >= 0.6 is 23.8 Å². The molecule has 0 aliphatic carbocycles. The van der Waals surface area contributed by atoms with Gasteiger partial charge in [0.1, 0.15) is 5.82 Å². The van der Waals surface area contributed by atoms with Crippen LogP contribution < -0.4 is 10.6 Å². The molecule has 6 heteroatoms. The minimum absolute atomic E-state index is 0.000244. The summed E-state index contributed by atoms with van der Waals surface area (Å²) >= 11 is 10.7. The van der Waals surface area contributed by atoms with Gasteiger partial charge in [0.2, 0.25) is 0 Å². The van der Waals surface area contributed by atoms with Gasteiger partial charge in [-0.25, -0.2) is 8.78 Å². The number of hydrogen-bond donors (Lipinski definition) is 2. The minimum Gasteiger partial charge on any atom is -0.332 e. The van der Waals surface area contributed by atoms with Gasteiger partial charge in [-0.15, -0.1) is 0 Å². The van der Waals surface area contributed by atoms with Gasteiger partial charge in [0, 0.05) is 11.3 Å². The standard InChI is InChI=1S/C14H11ClF2N2S/c1-8-10(16)5-3-6-11(8)18-14(20)19-12-7-2-4-9(15)13(12)17/h2-7H,1H3,(H2,18,19,20). The minimum atomic E-state index is -0.589. The summed E-state index contributed by atoms with van der Waals surface area (Å²) in [6.45, 7) is 1.63. The summed E-state index contributed by atoms with van der Waals surface area (Å²) in [4.78, 5) is 0. The van der Waals surface area contributed by atoms with E-state index in [-0.39, 0.29) is 21.6 Å². The summed E-state index contributed by atoms with van der Waals surface area (Å²) in [5, 5.41) is 5.65. The molecule has 2 aromatic rings. The molecule has 0 atom stereocenters. The highest BCUT2D eigenvalue weighted by Gasteiger charge is 2.09. The molecule has 0 amide bonds. The molecule has 2 N–H and O–H groups in total. The fourth-order valence-corrected chi connectivity index (χ4v) is 2.01. The van der Waals surface area contributed by atoms with E-state index in [0.717, 1.165) is 0 Å². The highest BCUT2D eigenvalue weighted by Crippen LogP contribution is 2.23. The summed E-state index contributed by atoms with van der Waals surface area (Å²) in [5.74, 6) is -0.930. The van der Waals surface area contributed by atoms with Crippen LogP contribution in [0.4, 0.5) is 20.2 Å². The molecule has 2 nitrogen and oxygen atoms in total. The van der Waals surface area contributed by atoms with Crippen molar-refractivity contribution in [2.75, 3.05) is 10.6 Å². The number of nitrogens with one attached hydrogen (secondary N) is 2. The SMILES string of the molecule is Cc1c(F)cccc1NC(=S)Nc1cccc(Cl)c1F. The van der Waals surface area contributed by atoms with E-state index in [1.807, 2.05) is 0 Å². The number of hydrogen-bond acceptors (Lipinski definition) is 1. The summed E-state index contributed by atoms with van der Waals surface area (Å²) in [5.41, 5.74) is 1.11. The molecule has 0 fully saturated rings. The molecule has 0 aliphatic heterocycles. The van der Waals surface area contributed by atoms with E-state index in [9.17, 15) is 8.78 Å². The van der Waals surface area contributed by atoms with Crippen molar-refractivity contribution in [2.45, 2.75) is 6.92 Å². The first-order valence-corrected chi connectivity index (χ1v) is 6.55. The molecule has 0 saturated carbocycles. The van der Waals surface area contributed by atoms with Gasteiger partial charge in [-0.3, -0.25) is 0 Å². The predicted octanol–water partition coefficient (Wildman–Crippen LogP) is 4.74. The molecular formula is C14H11ClF2N2S. The van der Waals surface area contributed by atoms with Crippen LogP contribution in [0.3, 0.4) is 0 Å². The first-order chi connectivity index (χ1) is 9.49. The fraction of sp³-hybridized carbons (Fsp3) is 0.0714. The molecular weight excluding hydrogens is 302 g/mol. The highest BCUT2D eigenvalue weighted by molar-refractivity contribution is 7.80. The normalized spacial score (nSPS) is 10.2. The second-order valence-corrected chi connectivity index (χ2v) is 4.91. The molecule has 0 saturated heterocycles. The van der Waals surface area contributed by atoms with E-state index in [1.54, 1.807) is 25.1 Å². The zero-order chi connectivity index (χ0) is 14.7. The van der Waals surface area contributed by atoms with Crippen molar-refractivity contribution in [1.29, 1.82) is 0 Å². The van der Waals surface area contributed by atoms with E-state index in [0.29, 0.717) is 11.3 Å². The van der Waals surface area contributed by atoms with E-state index in [1.165, 1.54) is 18.2 Å². The molecule has 20 heavy (non-hydrogen) atoms. The fourth-order valence-electron chi connectivity index (χ4n) is 1.62. The molecule has 0 aromatic heterocycles. The Morgan fingerprint density at radius 3 is 2.40 bits per heavy atom. The topological polar surface area (TPSA) is 24.1 Å². The number of benzene rings is 2. The summed E-state index contributed by atoms with van der Waals surface area (Å²) < 4.78 is 27.1.